The summed E-state index contributed by atoms with van der Waals surface area (Å²) in [5, 5.41) is 3.69. The zero-order chi connectivity index (χ0) is 18.6. The average Bonchev–Trinajstić information content (AvgIpc) is 2.55. The molecule has 0 aromatic heterocycles. The predicted molar refractivity (Wildman–Crippen MR) is 103 cm³/mol. The fourth-order valence-electron chi connectivity index (χ4n) is 1.98. The zero-order valence-electron chi connectivity index (χ0n) is 13.9. The van der Waals surface area contributed by atoms with Crippen LogP contribution >= 0.6 is 15.9 Å². The third kappa shape index (κ3) is 5.14. The number of amides is 1. The molecule has 1 N–H and O–H groups in total. The molecule has 2 aromatic carbocycles. The predicted octanol–water partition coefficient (Wildman–Crippen LogP) is 4.22. The quantitative estimate of drug-likeness (QED) is 0.737. The molecule has 2 rings (SSSR count). The van der Waals surface area contributed by atoms with Gasteiger partial charge in [0.05, 0.1) is 16.0 Å². The summed E-state index contributed by atoms with van der Waals surface area (Å²) in [5.41, 5.74) is 2.02. The number of halogens is 1. The molecule has 25 heavy (non-hydrogen) atoms. The molecule has 4 nitrogen and oxygen atoms in total. The van der Waals surface area contributed by atoms with Crippen LogP contribution in [0, 0.1) is 6.92 Å². The van der Waals surface area contributed by atoms with Crippen LogP contribution in [0.25, 0.3) is 5.70 Å². The van der Waals surface area contributed by atoms with E-state index < -0.39 is 15.7 Å². The maximum absolute atomic E-state index is 12.7. The molecule has 0 radical (unpaired) electrons. The number of nitrogens with one attached hydrogen (secondary N) is 1. The molecule has 0 aliphatic heterocycles. The average molecular weight is 420 g/mol. The van der Waals surface area contributed by atoms with Gasteiger partial charge in [-0.3, -0.25) is 4.79 Å². The standard InChI is InChI=1S/C19H18BrNO3S/c1-13(2)19(22)21-18(15-6-8-16(20)9-7-15)12-25(23,24)17-10-4-14(3)5-11-17/h4-12H,1H2,2-3H3,(H,21,22)/b18-12-. The lowest BCUT2D eigenvalue weighted by Crippen LogP contribution is -2.23. The molecule has 0 saturated heterocycles. The van der Waals surface area contributed by atoms with E-state index in [1.54, 1.807) is 55.5 Å². The van der Waals surface area contributed by atoms with E-state index in [-0.39, 0.29) is 16.2 Å². The molecule has 0 saturated carbocycles. The van der Waals surface area contributed by atoms with Crippen LogP contribution in [0.4, 0.5) is 0 Å². The van der Waals surface area contributed by atoms with Crippen molar-refractivity contribution < 1.29 is 13.2 Å². The van der Waals surface area contributed by atoms with Gasteiger partial charge in [-0.25, -0.2) is 8.42 Å². The Morgan fingerprint density at radius 3 is 2.16 bits per heavy atom. The SMILES string of the molecule is C=C(C)C(=O)N/C(=C\S(=O)(=O)c1ccc(C)cc1)c1ccc(Br)cc1. The van der Waals surface area contributed by atoms with Crippen LogP contribution in [0.1, 0.15) is 18.1 Å². The highest BCUT2D eigenvalue weighted by Gasteiger charge is 2.16. The molecule has 2 aromatic rings. The summed E-state index contributed by atoms with van der Waals surface area (Å²) in [6.07, 6.45) is 0. The number of hydrogen-bond donors (Lipinski definition) is 1. The van der Waals surface area contributed by atoms with E-state index in [2.05, 4.69) is 27.8 Å². The first kappa shape index (κ1) is 19.1. The van der Waals surface area contributed by atoms with Crippen molar-refractivity contribution in [2.24, 2.45) is 0 Å². The largest absolute Gasteiger partial charge is 0.321 e. The van der Waals surface area contributed by atoms with Gasteiger partial charge in [-0.05, 0) is 43.7 Å². The smallest absolute Gasteiger partial charge is 0.250 e. The maximum atomic E-state index is 12.7. The van der Waals surface area contributed by atoms with Crippen LogP contribution in [0.3, 0.4) is 0 Å². The number of rotatable bonds is 5. The molecule has 0 unspecified atom stereocenters. The first-order chi connectivity index (χ1) is 11.7. The van der Waals surface area contributed by atoms with Crippen LogP contribution in [0.5, 0.6) is 0 Å². The Morgan fingerprint density at radius 1 is 1.08 bits per heavy atom. The molecule has 1 amide bonds. The molecule has 6 heteroatoms. The molecule has 0 fully saturated rings. The van der Waals surface area contributed by atoms with Gasteiger partial charge in [0.2, 0.25) is 9.84 Å². The highest BCUT2D eigenvalue weighted by Crippen LogP contribution is 2.21. The lowest BCUT2D eigenvalue weighted by Gasteiger charge is -2.11. The number of carbonyl (C=O) groups is 1. The number of carbonyl (C=O) groups excluding carboxylic acids is 1. The fourth-order valence-corrected chi connectivity index (χ4v) is 3.40. The van der Waals surface area contributed by atoms with Crippen LogP contribution in [0.2, 0.25) is 0 Å². The van der Waals surface area contributed by atoms with Crippen LogP contribution in [0.15, 0.2) is 75.5 Å². The van der Waals surface area contributed by atoms with Crippen molar-refractivity contribution in [2.75, 3.05) is 0 Å². The van der Waals surface area contributed by atoms with E-state index in [1.807, 2.05) is 6.92 Å². The minimum atomic E-state index is -3.72. The highest BCUT2D eigenvalue weighted by molar-refractivity contribution is 9.10. The van der Waals surface area contributed by atoms with E-state index in [4.69, 9.17) is 0 Å². The summed E-state index contributed by atoms with van der Waals surface area (Å²) in [5.74, 6) is -0.437. The third-order valence-corrected chi connectivity index (χ3v) is 5.42. The van der Waals surface area contributed by atoms with Gasteiger partial charge in [-0.2, -0.15) is 0 Å². The van der Waals surface area contributed by atoms with Gasteiger partial charge in [-0.15, -0.1) is 0 Å². The number of aryl methyl sites for hydroxylation is 1. The Balaban J connectivity index is 2.51. The number of sulfone groups is 1. The van der Waals surface area contributed by atoms with E-state index in [0.29, 0.717) is 5.56 Å². The zero-order valence-corrected chi connectivity index (χ0v) is 16.3. The minimum Gasteiger partial charge on any atom is -0.321 e. The van der Waals surface area contributed by atoms with Crippen molar-refractivity contribution >= 4 is 37.4 Å². The number of benzene rings is 2. The Morgan fingerprint density at radius 2 is 1.64 bits per heavy atom. The van der Waals surface area contributed by atoms with Gasteiger partial charge >= 0.3 is 0 Å². The van der Waals surface area contributed by atoms with Gasteiger partial charge < -0.3 is 5.32 Å². The van der Waals surface area contributed by atoms with E-state index in [0.717, 1.165) is 15.4 Å². The van der Waals surface area contributed by atoms with Crippen molar-refractivity contribution in [1.82, 2.24) is 5.32 Å². The molecule has 0 bridgehead atoms. The normalized spacial score (nSPS) is 11.9. The Hall–Kier alpha value is -2.18. The molecule has 0 aliphatic rings. The van der Waals surface area contributed by atoms with E-state index in [9.17, 15) is 13.2 Å². The van der Waals surface area contributed by atoms with Gasteiger partial charge in [0.25, 0.3) is 5.91 Å². The molecule has 0 heterocycles. The van der Waals surface area contributed by atoms with Crippen molar-refractivity contribution in [3.8, 4) is 0 Å². The molecular weight excluding hydrogens is 402 g/mol. The second-order valence-electron chi connectivity index (χ2n) is 5.63. The summed E-state index contributed by atoms with van der Waals surface area (Å²) < 4.78 is 26.2. The van der Waals surface area contributed by atoms with Gasteiger partial charge in [0.1, 0.15) is 0 Å². The third-order valence-electron chi connectivity index (χ3n) is 3.41. The summed E-state index contributed by atoms with van der Waals surface area (Å²) >= 11 is 3.33. The van der Waals surface area contributed by atoms with Gasteiger partial charge in [0.15, 0.2) is 0 Å². The highest BCUT2D eigenvalue weighted by atomic mass is 79.9. The lowest BCUT2D eigenvalue weighted by atomic mass is 10.1. The Labute approximate surface area is 156 Å². The maximum Gasteiger partial charge on any atom is 0.250 e. The van der Waals surface area contributed by atoms with Crippen LogP contribution in [-0.4, -0.2) is 14.3 Å². The second-order valence-corrected chi connectivity index (χ2v) is 8.34. The van der Waals surface area contributed by atoms with Gasteiger partial charge in [-0.1, -0.05) is 52.3 Å². The second kappa shape index (κ2) is 7.80. The Bertz CT molecular complexity index is 928. The van der Waals surface area contributed by atoms with Crippen molar-refractivity contribution in [1.29, 1.82) is 0 Å². The first-order valence-corrected chi connectivity index (χ1v) is 9.79. The van der Waals surface area contributed by atoms with E-state index >= 15 is 0 Å². The molecule has 0 spiro atoms. The fraction of sp³-hybridized carbons (Fsp3) is 0.105. The van der Waals surface area contributed by atoms with Gasteiger partial charge in [0, 0.05) is 10.0 Å². The Kier molecular flexibility index (Phi) is 5.98. The minimum absolute atomic E-state index is 0.164. The number of hydrogen-bond acceptors (Lipinski definition) is 3. The van der Waals surface area contributed by atoms with E-state index in [1.165, 1.54) is 0 Å². The lowest BCUT2D eigenvalue weighted by molar-refractivity contribution is -0.116. The molecule has 0 atom stereocenters. The summed E-state index contributed by atoms with van der Waals surface area (Å²) in [4.78, 5) is 12.2. The molecular formula is C19H18BrNO3S. The van der Waals surface area contributed by atoms with Crippen LogP contribution in [-0.2, 0) is 14.6 Å². The summed E-state index contributed by atoms with van der Waals surface area (Å²) in [6, 6.07) is 13.5. The molecule has 0 aliphatic carbocycles. The first-order valence-electron chi connectivity index (χ1n) is 7.45. The molecule has 130 valence electrons. The summed E-state index contributed by atoms with van der Waals surface area (Å²) in [7, 11) is -3.72. The van der Waals surface area contributed by atoms with Crippen molar-refractivity contribution in [3.05, 3.63) is 81.7 Å². The topological polar surface area (TPSA) is 63.2 Å². The monoisotopic (exact) mass is 419 g/mol. The van der Waals surface area contributed by atoms with Crippen LogP contribution < -0.4 is 5.32 Å². The summed E-state index contributed by atoms with van der Waals surface area (Å²) in [6.45, 7) is 7.02. The van der Waals surface area contributed by atoms with Crippen molar-refractivity contribution in [3.63, 3.8) is 0 Å². The van der Waals surface area contributed by atoms with Crippen molar-refractivity contribution in [2.45, 2.75) is 18.7 Å².